The number of amides is 1. The zero-order chi connectivity index (χ0) is 12.5. The molecule has 1 N–H and O–H groups in total. The number of carbonyl (C=O) groups is 1. The van der Waals surface area contributed by atoms with Crippen molar-refractivity contribution >= 4 is 17.2 Å². The molecule has 2 rings (SSSR count). The van der Waals surface area contributed by atoms with Gasteiger partial charge in [-0.25, -0.2) is 0 Å². The van der Waals surface area contributed by atoms with Crippen LogP contribution in [0.1, 0.15) is 37.6 Å². The fraction of sp³-hybridized carbons (Fsp3) is 0.538. The molecule has 17 heavy (non-hydrogen) atoms. The molecule has 1 aliphatic carbocycles. The van der Waals surface area contributed by atoms with Gasteiger partial charge in [-0.05, 0) is 30.2 Å². The van der Waals surface area contributed by atoms with E-state index in [2.05, 4.69) is 25.2 Å². The third-order valence-corrected chi connectivity index (χ3v) is 4.16. The number of nitrogens with one attached hydrogen (secondary N) is 1. The Labute approximate surface area is 105 Å². The van der Waals surface area contributed by atoms with Gasteiger partial charge in [0.25, 0.3) is 0 Å². The van der Waals surface area contributed by atoms with Crippen LogP contribution in [0.15, 0.2) is 17.5 Å². The van der Waals surface area contributed by atoms with Gasteiger partial charge in [-0.2, -0.15) is 5.26 Å². The summed E-state index contributed by atoms with van der Waals surface area (Å²) in [6.45, 7) is 4.16. The maximum absolute atomic E-state index is 12.0. The van der Waals surface area contributed by atoms with Gasteiger partial charge in [0.1, 0.15) is 5.41 Å². The number of hydrogen-bond acceptors (Lipinski definition) is 3. The molecule has 0 radical (unpaired) electrons. The van der Waals surface area contributed by atoms with Crippen molar-refractivity contribution in [2.75, 3.05) is 0 Å². The first kappa shape index (κ1) is 12.1. The van der Waals surface area contributed by atoms with Crippen LogP contribution in [0.5, 0.6) is 0 Å². The molecule has 1 saturated carbocycles. The van der Waals surface area contributed by atoms with Gasteiger partial charge in [0.15, 0.2) is 0 Å². The first-order valence-corrected chi connectivity index (χ1v) is 6.73. The number of carbonyl (C=O) groups excluding carboxylic acids is 1. The SMILES string of the molecule is CC(C)C(NC(=O)C1(C#N)CC1)c1cccs1. The molecule has 90 valence electrons. The summed E-state index contributed by atoms with van der Waals surface area (Å²) in [5.41, 5.74) is -0.732. The summed E-state index contributed by atoms with van der Waals surface area (Å²) in [6.07, 6.45) is 1.40. The lowest BCUT2D eigenvalue weighted by atomic mass is 10.0. The molecule has 1 aliphatic rings. The molecule has 1 fully saturated rings. The minimum absolute atomic E-state index is 0.0216. The van der Waals surface area contributed by atoms with E-state index in [0.717, 1.165) is 4.88 Å². The fourth-order valence-corrected chi connectivity index (χ4v) is 2.78. The summed E-state index contributed by atoms with van der Waals surface area (Å²) in [7, 11) is 0. The largest absolute Gasteiger partial charge is 0.347 e. The Morgan fingerprint density at radius 2 is 2.29 bits per heavy atom. The molecule has 3 nitrogen and oxygen atoms in total. The van der Waals surface area contributed by atoms with Gasteiger partial charge in [-0.15, -0.1) is 11.3 Å². The standard InChI is InChI=1S/C13H16N2OS/c1-9(2)11(10-4-3-7-17-10)15-12(16)13(8-14)5-6-13/h3-4,7,9,11H,5-6H2,1-2H3,(H,15,16). The maximum atomic E-state index is 12.0. The molecule has 0 bridgehead atoms. The third kappa shape index (κ3) is 2.34. The van der Waals surface area contributed by atoms with Crippen molar-refractivity contribution < 1.29 is 4.79 Å². The summed E-state index contributed by atoms with van der Waals surface area (Å²) < 4.78 is 0. The van der Waals surface area contributed by atoms with Crippen LogP contribution in [0.25, 0.3) is 0 Å². The topological polar surface area (TPSA) is 52.9 Å². The van der Waals surface area contributed by atoms with Crippen molar-refractivity contribution in [1.82, 2.24) is 5.32 Å². The lowest BCUT2D eigenvalue weighted by Gasteiger charge is -2.22. The lowest BCUT2D eigenvalue weighted by molar-refractivity contribution is -0.125. The molecule has 0 spiro atoms. The van der Waals surface area contributed by atoms with E-state index in [9.17, 15) is 4.79 Å². The van der Waals surface area contributed by atoms with E-state index >= 15 is 0 Å². The van der Waals surface area contributed by atoms with Gasteiger partial charge in [0, 0.05) is 4.88 Å². The summed E-state index contributed by atoms with van der Waals surface area (Å²) in [5.74, 6) is 0.221. The van der Waals surface area contributed by atoms with Gasteiger partial charge in [-0.1, -0.05) is 19.9 Å². The quantitative estimate of drug-likeness (QED) is 0.890. The first-order chi connectivity index (χ1) is 8.09. The molecule has 4 heteroatoms. The molecule has 0 aromatic carbocycles. The molecule has 1 unspecified atom stereocenters. The van der Waals surface area contributed by atoms with E-state index in [-0.39, 0.29) is 11.9 Å². The molecule has 1 atom stereocenters. The van der Waals surface area contributed by atoms with E-state index in [1.165, 1.54) is 0 Å². The van der Waals surface area contributed by atoms with Gasteiger partial charge in [-0.3, -0.25) is 4.79 Å². The Hall–Kier alpha value is -1.34. The number of rotatable bonds is 4. The van der Waals surface area contributed by atoms with Crippen molar-refractivity contribution in [3.63, 3.8) is 0 Å². The first-order valence-electron chi connectivity index (χ1n) is 5.85. The second kappa shape index (κ2) is 4.50. The Balaban J connectivity index is 2.10. The lowest BCUT2D eigenvalue weighted by Crippen LogP contribution is -2.36. The third-order valence-electron chi connectivity index (χ3n) is 3.20. The molecule has 0 aliphatic heterocycles. The Morgan fingerprint density at radius 3 is 2.71 bits per heavy atom. The van der Waals surface area contributed by atoms with Crippen molar-refractivity contribution in [3.8, 4) is 6.07 Å². The zero-order valence-corrected chi connectivity index (χ0v) is 10.9. The van der Waals surface area contributed by atoms with Crippen LogP contribution in [0.4, 0.5) is 0 Å². The second-order valence-corrected chi connectivity index (χ2v) is 5.88. The van der Waals surface area contributed by atoms with Crippen LogP contribution in [-0.4, -0.2) is 5.91 Å². The van der Waals surface area contributed by atoms with E-state index in [1.54, 1.807) is 11.3 Å². The number of nitriles is 1. The van der Waals surface area contributed by atoms with Crippen LogP contribution in [-0.2, 0) is 4.79 Å². The Kier molecular flexibility index (Phi) is 3.21. The molecular weight excluding hydrogens is 232 g/mol. The summed E-state index contributed by atoms with van der Waals surface area (Å²) in [4.78, 5) is 13.2. The number of thiophene rings is 1. The maximum Gasteiger partial charge on any atom is 0.240 e. The molecule has 1 aromatic rings. The van der Waals surface area contributed by atoms with E-state index in [4.69, 9.17) is 5.26 Å². The zero-order valence-electron chi connectivity index (χ0n) is 10.1. The number of nitrogens with zero attached hydrogens (tertiary/aromatic N) is 1. The minimum Gasteiger partial charge on any atom is -0.347 e. The van der Waals surface area contributed by atoms with Crippen molar-refractivity contribution in [3.05, 3.63) is 22.4 Å². The normalized spacial score (nSPS) is 18.5. The molecule has 1 aromatic heterocycles. The van der Waals surface area contributed by atoms with Gasteiger partial charge in [0.05, 0.1) is 12.1 Å². The van der Waals surface area contributed by atoms with Gasteiger partial charge >= 0.3 is 0 Å². The average molecular weight is 248 g/mol. The highest BCUT2D eigenvalue weighted by molar-refractivity contribution is 7.10. The van der Waals surface area contributed by atoms with Gasteiger partial charge < -0.3 is 5.32 Å². The molecular formula is C13H16N2OS. The highest BCUT2D eigenvalue weighted by Crippen LogP contribution is 2.45. The van der Waals surface area contributed by atoms with Crippen LogP contribution in [0, 0.1) is 22.7 Å². The van der Waals surface area contributed by atoms with Crippen LogP contribution in [0.3, 0.4) is 0 Å². The average Bonchev–Trinajstić information content (AvgIpc) is 2.93. The Bertz CT molecular complexity index is 440. The Morgan fingerprint density at radius 1 is 1.59 bits per heavy atom. The molecule has 1 amide bonds. The van der Waals surface area contributed by atoms with Crippen molar-refractivity contribution in [2.24, 2.45) is 11.3 Å². The highest BCUT2D eigenvalue weighted by Gasteiger charge is 2.51. The second-order valence-electron chi connectivity index (χ2n) is 4.90. The molecule has 0 saturated heterocycles. The summed E-state index contributed by atoms with van der Waals surface area (Å²) in [6, 6.07) is 6.17. The van der Waals surface area contributed by atoms with E-state index in [1.807, 2.05) is 17.5 Å². The molecule has 1 heterocycles. The fourth-order valence-electron chi connectivity index (χ4n) is 1.83. The smallest absolute Gasteiger partial charge is 0.240 e. The summed E-state index contributed by atoms with van der Waals surface area (Å²) >= 11 is 1.64. The highest BCUT2D eigenvalue weighted by atomic mass is 32.1. The van der Waals surface area contributed by atoms with Crippen LogP contribution < -0.4 is 5.32 Å². The van der Waals surface area contributed by atoms with Crippen LogP contribution in [0.2, 0.25) is 0 Å². The van der Waals surface area contributed by atoms with Crippen molar-refractivity contribution in [1.29, 1.82) is 5.26 Å². The predicted octanol–water partition coefficient (Wildman–Crippen LogP) is 2.87. The van der Waals surface area contributed by atoms with Crippen molar-refractivity contribution in [2.45, 2.75) is 32.7 Å². The monoisotopic (exact) mass is 248 g/mol. The van der Waals surface area contributed by atoms with E-state index in [0.29, 0.717) is 18.8 Å². The van der Waals surface area contributed by atoms with Gasteiger partial charge in [0.2, 0.25) is 5.91 Å². The number of hydrogen-bond donors (Lipinski definition) is 1. The van der Waals surface area contributed by atoms with E-state index < -0.39 is 5.41 Å². The van der Waals surface area contributed by atoms with Crippen LogP contribution >= 0.6 is 11.3 Å². The predicted molar refractivity (Wildman–Crippen MR) is 67.3 cm³/mol. The minimum atomic E-state index is -0.732. The summed E-state index contributed by atoms with van der Waals surface area (Å²) in [5, 5.41) is 14.0.